The lowest BCUT2D eigenvalue weighted by molar-refractivity contribution is -0.141. The summed E-state index contributed by atoms with van der Waals surface area (Å²) in [7, 11) is -2.85. The standard InChI is InChI=1S/C18H15FN2O6S/c1-26-16-7-6-12(8-14(16)19)15(22)11-27-18(23)10-21-28(24,25)17-5-3-2-4-13(17)9-20/h2-8,21H,10-11H2,1H3. The molecule has 0 aliphatic heterocycles. The number of Topliss-reactive ketones (excluding diaryl/α,β-unsaturated/α-hetero) is 1. The molecule has 0 aliphatic rings. The van der Waals surface area contributed by atoms with Crippen molar-refractivity contribution in [1.82, 2.24) is 4.72 Å². The van der Waals surface area contributed by atoms with Gasteiger partial charge in [-0.3, -0.25) is 9.59 Å². The quantitative estimate of drug-likeness (QED) is 0.519. The predicted octanol–water partition coefficient (Wildman–Crippen LogP) is 1.41. The van der Waals surface area contributed by atoms with Gasteiger partial charge in [0.25, 0.3) is 0 Å². The van der Waals surface area contributed by atoms with Crippen molar-refractivity contribution in [3.63, 3.8) is 0 Å². The lowest BCUT2D eigenvalue weighted by atomic mass is 10.1. The first-order valence-corrected chi connectivity index (χ1v) is 9.28. The van der Waals surface area contributed by atoms with Crippen LogP contribution in [0.1, 0.15) is 15.9 Å². The van der Waals surface area contributed by atoms with Crippen LogP contribution in [-0.4, -0.2) is 40.4 Å². The van der Waals surface area contributed by atoms with Gasteiger partial charge in [0.1, 0.15) is 12.6 Å². The second-order valence-electron chi connectivity index (χ2n) is 5.37. The molecule has 0 heterocycles. The van der Waals surface area contributed by atoms with Gasteiger partial charge in [0.15, 0.2) is 24.0 Å². The molecule has 0 saturated carbocycles. The number of ether oxygens (including phenoxy) is 2. The Labute approximate surface area is 160 Å². The van der Waals surface area contributed by atoms with Gasteiger partial charge in [-0.25, -0.2) is 12.8 Å². The van der Waals surface area contributed by atoms with Gasteiger partial charge in [-0.05, 0) is 30.3 Å². The van der Waals surface area contributed by atoms with E-state index in [9.17, 15) is 22.4 Å². The lowest BCUT2D eigenvalue weighted by Crippen LogP contribution is -2.32. The van der Waals surface area contributed by atoms with Crippen LogP contribution in [0.15, 0.2) is 47.4 Å². The highest BCUT2D eigenvalue weighted by molar-refractivity contribution is 7.89. The third-order valence-electron chi connectivity index (χ3n) is 3.54. The zero-order valence-electron chi connectivity index (χ0n) is 14.6. The van der Waals surface area contributed by atoms with E-state index in [0.29, 0.717) is 0 Å². The molecule has 0 bridgehead atoms. The summed E-state index contributed by atoms with van der Waals surface area (Å²) < 4.78 is 49.4. The number of esters is 1. The number of halogens is 1. The van der Waals surface area contributed by atoms with E-state index in [2.05, 4.69) is 0 Å². The molecule has 0 spiro atoms. The van der Waals surface area contributed by atoms with Crippen LogP contribution >= 0.6 is 0 Å². The number of benzene rings is 2. The molecule has 0 saturated heterocycles. The van der Waals surface area contributed by atoms with Crippen molar-refractivity contribution < 1.29 is 31.9 Å². The maximum absolute atomic E-state index is 13.6. The highest BCUT2D eigenvalue weighted by atomic mass is 32.2. The van der Waals surface area contributed by atoms with E-state index < -0.39 is 40.7 Å². The SMILES string of the molecule is COc1ccc(C(=O)COC(=O)CNS(=O)(=O)c2ccccc2C#N)cc1F. The highest BCUT2D eigenvalue weighted by Gasteiger charge is 2.20. The predicted molar refractivity (Wildman–Crippen MR) is 94.6 cm³/mol. The van der Waals surface area contributed by atoms with Crippen molar-refractivity contribution in [1.29, 1.82) is 5.26 Å². The highest BCUT2D eigenvalue weighted by Crippen LogP contribution is 2.18. The molecular weight excluding hydrogens is 391 g/mol. The Morgan fingerprint density at radius 1 is 1.21 bits per heavy atom. The molecule has 0 unspecified atom stereocenters. The Morgan fingerprint density at radius 2 is 1.93 bits per heavy atom. The number of nitrogens with one attached hydrogen (secondary N) is 1. The number of carbonyl (C=O) groups excluding carboxylic acids is 2. The molecule has 0 amide bonds. The van der Waals surface area contributed by atoms with E-state index in [0.717, 1.165) is 6.07 Å². The van der Waals surface area contributed by atoms with E-state index in [1.54, 1.807) is 6.07 Å². The van der Waals surface area contributed by atoms with Crippen molar-refractivity contribution in [2.75, 3.05) is 20.3 Å². The fourth-order valence-corrected chi connectivity index (χ4v) is 3.27. The molecular formula is C18H15FN2O6S. The number of carbonyl (C=O) groups is 2. The summed E-state index contributed by atoms with van der Waals surface area (Å²) in [6.07, 6.45) is 0. The number of nitriles is 1. The second-order valence-corrected chi connectivity index (χ2v) is 7.10. The van der Waals surface area contributed by atoms with Crippen molar-refractivity contribution in [3.05, 3.63) is 59.4 Å². The summed E-state index contributed by atoms with van der Waals surface area (Å²) in [6, 6.07) is 10.7. The Hall–Kier alpha value is -3.29. The van der Waals surface area contributed by atoms with Crippen LogP contribution in [-0.2, 0) is 19.6 Å². The molecule has 1 N–H and O–H groups in total. The average molecular weight is 406 g/mol. The first-order chi connectivity index (χ1) is 13.3. The second kappa shape index (κ2) is 9.07. The molecule has 0 atom stereocenters. The van der Waals surface area contributed by atoms with Gasteiger partial charge >= 0.3 is 5.97 Å². The van der Waals surface area contributed by atoms with Crippen LogP contribution in [0.25, 0.3) is 0 Å². The van der Waals surface area contributed by atoms with Crippen molar-refractivity contribution in [2.24, 2.45) is 0 Å². The Balaban J connectivity index is 1.93. The Bertz CT molecular complexity index is 1050. The smallest absolute Gasteiger partial charge is 0.321 e. The number of rotatable bonds is 8. The van der Waals surface area contributed by atoms with Gasteiger partial charge < -0.3 is 9.47 Å². The van der Waals surface area contributed by atoms with Crippen molar-refractivity contribution >= 4 is 21.8 Å². The minimum Gasteiger partial charge on any atom is -0.494 e. The molecule has 0 radical (unpaired) electrons. The Kier molecular flexibility index (Phi) is 6.81. The molecule has 0 fully saturated rings. The fraction of sp³-hybridized carbons (Fsp3) is 0.167. The third kappa shape index (κ3) is 5.12. The number of sulfonamides is 1. The zero-order valence-corrected chi connectivity index (χ0v) is 15.5. The minimum atomic E-state index is -4.12. The number of nitrogens with zero attached hydrogens (tertiary/aromatic N) is 1. The monoisotopic (exact) mass is 406 g/mol. The van der Waals surface area contributed by atoms with E-state index in [1.807, 2.05) is 4.72 Å². The first kappa shape index (κ1) is 21.0. The fourth-order valence-electron chi connectivity index (χ4n) is 2.15. The van der Waals surface area contributed by atoms with Crippen LogP contribution < -0.4 is 9.46 Å². The molecule has 2 aromatic carbocycles. The van der Waals surface area contributed by atoms with E-state index in [1.165, 1.54) is 43.5 Å². The molecule has 10 heteroatoms. The molecule has 8 nitrogen and oxygen atoms in total. The Morgan fingerprint density at radius 3 is 2.57 bits per heavy atom. The van der Waals surface area contributed by atoms with E-state index >= 15 is 0 Å². The summed E-state index contributed by atoms with van der Waals surface area (Å²) in [5.74, 6) is -2.47. The first-order valence-electron chi connectivity index (χ1n) is 7.79. The van der Waals surface area contributed by atoms with Gasteiger partial charge in [0, 0.05) is 5.56 Å². The van der Waals surface area contributed by atoms with Gasteiger partial charge in [-0.15, -0.1) is 0 Å². The maximum atomic E-state index is 13.6. The summed E-state index contributed by atoms with van der Waals surface area (Å²) in [4.78, 5) is 23.4. The van der Waals surface area contributed by atoms with Gasteiger partial charge in [0.2, 0.25) is 10.0 Å². The summed E-state index contributed by atoms with van der Waals surface area (Å²) >= 11 is 0. The topological polar surface area (TPSA) is 123 Å². The number of hydrogen-bond donors (Lipinski definition) is 1. The van der Waals surface area contributed by atoms with Gasteiger partial charge in [-0.2, -0.15) is 9.98 Å². The van der Waals surface area contributed by atoms with Crippen LogP contribution in [0, 0.1) is 17.1 Å². The van der Waals surface area contributed by atoms with Crippen molar-refractivity contribution in [2.45, 2.75) is 4.90 Å². The van der Waals surface area contributed by atoms with Crippen LogP contribution in [0.3, 0.4) is 0 Å². The van der Waals surface area contributed by atoms with Crippen molar-refractivity contribution in [3.8, 4) is 11.8 Å². The average Bonchev–Trinajstić information content (AvgIpc) is 2.70. The lowest BCUT2D eigenvalue weighted by Gasteiger charge is -2.08. The van der Waals surface area contributed by atoms with Crippen LogP contribution in [0.4, 0.5) is 4.39 Å². The molecule has 2 rings (SSSR count). The number of ketones is 1. The summed E-state index contributed by atoms with van der Waals surface area (Å²) in [5, 5.41) is 8.96. The van der Waals surface area contributed by atoms with Gasteiger partial charge in [0.05, 0.1) is 17.6 Å². The number of methoxy groups -OCH3 is 1. The van der Waals surface area contributed by atoms with Crippen LogP contribution in [0.5, 0.6) is 5.75 Å². The number of hydrogen-bond acceptors (Lipinski definition) is 7. The molecule has 146 valence electrons. The minimum absolute atomic E-state index is 0.0328. The molecule has 2 aromatic rings. The molecule has 28 heavy (non-hydrogen) atoms. The largest absolute Gasteiger partial charge is 0.494 e. The van der Waals surface area contributed by atoms with Crippen LogP contribution in [0.2, 0.25) is 0 Å². The third-order valence-corrected chi connectivity index (χ3v) is 5.00. The van der Waals surface area contributed by atoms with E-state index in [4.69, 9.17) is 14.7 Å². The summed E-state index contributed by atoms with van der Waals surface area (Å²) in [5.41, 5.74) is -0.116. The molecule has 0 aromatic heterocycles. The van der Waals surface area contributed by atoms with E-state index in [-0.39, 0.29) is 21.8 Å². The molecule has 0 aliphatic carbocycles. The normalized spacial score (nSPS) is 10.8. The maximum Gasteiger partial charge on any atom is 0.321 e. The zero-order chi connectivity index (χ0) is 20.7. The van der Waals surface area contributed by atoms with Gasteiger partial charge in [-0.1, -0.05) is 12.1 Å². The summed E-state index contributed by atoms with van der Waals surface area (Å²) in [6.45, 7) is -1.44.